The molecule has 1 aromatic rings. The molecule has 76 valence electrons. The van der Waals surface area contributed by atoms with Gasteiger partial charge in [-0.3, -0.25) is 4.79 Å². The zero-order chi connectivity index (χ0) is 10.6. The lowest BCUT2D eigenvalue weighted by Gasteiger charge is -2.04. The lowest BCUT2D eigenvalue weighted by molar-refractivity contribution is -0.136. The van der Waals surface area contributed by atoms with E-state index in [2.05, 4.69) is 0 Å². The fourth-order valence-electron chi connectivity index (χ4n) is 1.28. The number of carboxylic acid groups (broad SMARTS) is 1. The first-order valence-electron chi connectivity index (χ1n) is 4.66. The summed E-state index contributed by atoms with van der Waals surface area (Å²) >= 11 is 0. The van der Waals surface area contributed by atoms with Gasteiger partial charge in [0.05, 0.1) is 0 Å². The van der Waals surface area contributed by atoms with Crippen molar-refractivity contribution in [2.24, 2.45) is 0 Å². The highest BCUT2D eigenvalue weighted by Crippen LogP contribution is 2.20. The molecule has 0 aliphatic rings. The highest BCUT2D eigenvalue weighted by Gasteiger charge is 2.04. The summed E-state index contributed by atoms with van der Waals surface area (Å²) in [6, 6.07) is 5.39. The van der Waals surface area contributed by atoms with Gasteiger partial charge in [0.25, 0.3) is 0 Å². The van der Waals surface area contributed by atoms with E-state index < -0.39 is 5.97 Å². The molecule has 0 saturated carbocycles. The number of aryl methyl sites for hydroxylation is 2. The van der Waals surface area contributed by atoms with Crippen molar-refractivity contribution in [2.45, 2.75) is 26.2 Å². The molecule has 0 unspecified atom stereocenters. The quantitative estimate of drug-likeness (QED) is 0.770. The van der Waals surface area contributed by atoms with E-state index in [9.17, 15) is 9.90 Å². The van der Waals surface area contributed by atoms with Crippen LogP contribution in [0.4, 0.5) is 0 Å². The van der Waals surface area contributed by atoms with E-state index in [1.807, 2.05) is 13.0 Å². The van der Waals surface area contributed by atoms with Gasteiger partial charge in [0.2, 0.25) is 0 Å². The van der Waals surface area contributed by atoms with Crippen LogP contribution in [0.25, 0.3) is 0 Å². The molecule has 3 nitrogen and oxygen atoms in total. The highest BCUT2D eigenvalue weighted by molar-refractivity contribution is 5.67. The molecule has 0 heterocycles. The van der Waals surface area contributed by atoms with Gasteiger partial charge in [-0.05, 0) is 30.0 Å². The van der Waals surface area contributed by atoms with Crippen molar-refractivity contribution in [3.05, 3.63) is 29.3 Å². The largest absolute Gasteiger partial charge is 0.508 e. The molecule has 3 heteroatoms. The molecular formula is C11H14O3. The third-order valence-electron chi connectivity index (χ3n) is 2.17. The number of hydrogen-bond donors (Lipinski definition) is 2. The van der Waals surface area contributed by atoms with E-state index in [0.29, 0.717) is 12.0 Å². The summed E-state index contributed by atoms with van der Waals surface area (Å²) in [5, 5.41) is 18.0. The van der Waals surface area contributed by atoms with E-state index in [1.54, 1.807) is 12.1 Å². The van der Waals surface area contributed by atoms with Gasteiger partial charge in [0.1, 0.15) is 5.75 Å². The average Bonchev–Trinajstić information content (AvgIpc) is 2.15. The highest BCUT2D eigenvalue weighted by atomic mass is 16.4. The molecule has 0 spiro atoms. The zero-order valence-electron chi connectivity index (χ0n) is 8.16. The van der Waals surface area contributed by atoms with Crippen LogP contribution in [0.15, 0.2) is 18.2 Å². The maximum atomic E-state index is 10.3. The summed E-state index contributed by atoms with van der Waals surface area (Å²) in [6.45, 7) is 2.01. The van der Waals surface area contributed by atoms with Crippen molar-refractivity contribution in [1.29, 1.82) is 0 Å². The van der Waals surface area contributed by atoms with Crippen molar-refractivity contribution in [3.63, 3.8) is 0 Å². The van der Waals surface area contributed by atoms with Crippen LogP contribution in [0.3, 0.4) is 0 Å². The molecule has 0 aliphatic heterocycles. The maximum Gasteiger partial charge on any atom is 0.303 e. The number of rotatable bonds is 4. The van der Waals surface area contributed by atoms with Gasteiger partial charge in [-0.25, -0.2) is 0 Å². The zero-order valence-corrected chi connectivity index (χ0v) is 8.16. The van der Waals surface area contributed by atoms with Crippen molar-refractivity contribution < 1.29 is 15.0 Å². The smallest absolute Gasteiger partial charge is 0.303 e. The molecule has 0 fully saturated rings. The minimum Gasteiger partial charge on any atom is -0.508 e. The van der Waals surface area contributed by atoms with E-state index in [4.69, 9.17) is 5.11 Å². The summed E-state index contributed by atoms with van der Waals surface area (Å²) in [5.74, 6) is -0.644. The van der Waals surface area contributed by atoms with E-state index in [-0.39, 0.29) is 12.2 Å². The van der Waals surface area contributed by atoms with Crippen molar-refractivity contribution in [2.75, 3.05) is 0 Å². The summed E-state index contributed by atoms with van der Waals surface area (Å²) < 4.78 is 0. The van der Waals surface area contributed by atoms with Crippen molar-refractivity contribution in [3.8, 4) is 5.75 Å². The van der Waals surface area contributed by atoms with Crippen LogP contribution < -0.4 is 0 Å². The van der Waals surface area contributed by atoms with E-state index in [1.165, 1.54) is 0 Å². The van der Waals surface area contributed by atoms with Gasteiger partial charge < -0.3 is 10.2 Å². The predicted molar refractivity (Wildman–Crippen MR) is 53.4 cm³/mol. The Morgan fingerprint density at radius 3 is 2.64 bits per heavy atom. The molecule has 0 aromatic heterocycles. The van der Waals surface area contributed by atoms with Gasteiger partial charge >= 0.3 is 5.97 Å². The molecule has 0 saturated heterocycles. The molecule has 0 bridgehead atoms. The molecule has 0 amide bonds. The SMILES string of the molecule is CCc1ccc(CCC(=O)O)c(O)c1. The summed E-state index contributed by atoms with van der Waals surface area (Å²) in [6.07, 6.45) is 1.30. The van der Waals surface area contributed by atoms with Gasteiger partial charge in [0, 0.05) is 6.42 Å². The fourth-order valence-corrected chi connectivity index (χ4v) is 1.28. The number of carboxylic acids is 1. The van der Waals surface area contributed by atoms with Crippen LogP contribution in [-0.2, 0) is 17.6 Å². The molecule has 0 radical (unpaired) electrons. The minimum atomic E-state index is -0.844. The Kier molecular flexibility index (Phi) is 3.51. The minimum absolute atomic E-state index is 0.0546. The van der Waals surface area contributed by atoms with E-state index >= 15 is 0 Å². The Hall–Kier alpha value is -1.51. The Morgan fingerprint density at radius 1 is 1.43 bits per heavy atom. The first-order chi connectivity index (χ1) is 6.63. The van der Waals surface area contributed by atoms with Gasteiger partial charge in [0.15, 0.2) is 0 Å². The van der Waals surface area contributed by atoms with Crippen LogP contribution >= 0.6 is 0 Å². The van der Waals surface area contributed by atoms with Crippen LogP contribution in [0.2, 0.25) is 0 Å². The third-order valence-corrected chi connectivity index (χ3v) is 2.17. The van der Waals surface area contributed by atoms with Crippen molar-refractivity contribution in [1.82, 2.24) is 0 Å². The Morgan fingerprint density at radius 2 is 2.14 bits per heavy atom. The monoisotopic (exact) mass is 194 g/mol. The number of aromatic hydroxyl groups is 1. The summed E-state index contributed by atoms with van der Waals surface area (Å²) in [5.41, 5.74) is 1.76. The van der Waals surface area contributed by atoms with Gasteiger partial charge in [-0.15, -0.1) is 0 Å². The molecule has 14 heavy (non-hydrogen) atoms. The lowest BCUT2D eigenvalue weighted by atomic mass is 10.0. The topological polar surface area (TPSA) is 57.5 Å². The van der Waals surface area contributed by atoms with Gasteiger partial charge in [-0.1, -0.05) is 19.1 Å². The van der Waals surface area contributed by atoms with E-state index in [0.717, 1.165) is 12.0 Å². The second-order valence-electron chi connectivity index (χ2n) is 3.21. The number of phenols is 1. The average molecular weight is 194 g/mol. The lowest BCUT2D eigenvalue weighted by Crippen LogP contribution is -1.97. The van der Waals surface area contributed by atoms with Crippen LogP contribution in [0.5, 0.6) is 5.75 Å². The molecule has 2 N–H and O–H groups in total. The van der Waals surface area contributed by atoms with Crippen LogP contribution in [-0.4, -0.2) is 16.2 Å². The van der Waals surface area contributed by atoms with Crippen LogP contribution in [0.1, 0.15) is 24.5 Å². The number of aliphatic carboxylic acids is 1. The third kappa shape index (κ3) is 2.76. The first-order valence-corrected chi connectivity index (χ1v) is 4.66. The molecule has 1 aromatic carbocycles. The van der Waals surface area contributed by atoms with Crippen molar-refractivity contribution >= 4 is 5.97 Å². The maximum absolute atomic E-state index is 10.3. The summed E-state index contributed by atoms with van der Waals surface area (Å²) in [4.78, 5) is 10.3. The van der Waals surface area contributed by atoms with Crippen LogP contribution in [0, 0.1) is 0 Å². The fraction of sp³-hybridized carbons (Fsp3) is 0.364. The molecule has 1 rings (SSSR count). The molecule has 0 atom stereocenters. The number of carbonyl (C=O) groups is 1. The summed E-state index contributed by atoms with van der Waals surface area (Å²) in [7, 11) is 0. The second kappa shape index (κ2) is 4.65. The first kappa shape index (κ1) is 10.6. The molecule has 0 aliphatic carbocycles. The standard InChI is InChI=1S/C11H14O3/c1-2-8-3-4-9(10(12)7-8)5-6-11(13)14/h3-4,7,12H,2,5-6H2,1H3,(H,13,14). The Labute approximate surface area is 83.0 Å². The number of hydrogen-bond acceptors (Lipinski definition) is 2. The number of benzene rings is 1. The normalized spacial score (nSPS) is 10.1. The molecular weight excluding hydrogens is 180 g/mol. The predicted octanol–water partition coefficient (Wildman–Crippen LogP) is 1.97. The second-order valence-corrected chi connectivity index (χ2v) is 3.21. The van der Waals surface area contributed by atoms with Gasteiger partial charge in [-0.2, -0.15) is 0 Å². The number of phenolic OH excluding ortho intramolecular Hbond substituents is 1. The Bertz CT molecular complexity index is 331. The Balaban J connectivity index is 2.73.